The molecular formula is C26H29N5O4. The van der Waals surface area contributed by atoms with Crippen LogP contribution in [0.2, 0.25) is 0 Å². The molecule has 0 atom stereocenters. The highest BCUT2D eigenvalue weighted by Crippen LogP contribution is 2.29. The number of benzene rings is 1. The van der Waals surface area contributed by atoms with Crippen molar-refractivity contribution >= 4 is 17.6 Å². The molecule has 1 aromatic carbocycles. The number of hydrogen-bond donors (Lipinski definition) is 0. The van der Waals surface area contributed by atoms with Gasteiger partial charge in [-0.05, 0) is 49.2 Å². The van der Waals surface area contributed by atoms with Crippen molar-refractivity contribution in [3.8, 4) is 17.0 Å². The smallest absolute Gasteiger partial charge is 0.289 e. The molecule has 2 aliphatic heterocycles. The van der Waals surface area contributed by atoms with Crippen LogP contribution in [0.5, 0.6) is 5.75 Å². The van der Waals surface area contributed by atoms with Gasteiger partial charge in [0.15, 0.2) is 11.6 Å². The summed E-state index contributed by atoms with van der Waals surface area (Å²) in [5, 5.41) is 8.85. The summed E-state index contributed by atoms with van der Waals surface area (Å²) in [6.45, 7) is 3.69. The molecule has 0 aliphatic carbocycles. The number of methoxy groups -OCH3 is 1. The van der Waals surface area contributed by atoms with Crippen LogP contribution in [-0.2, 0) is 4.79 Å². The molecule has 0 radical (unpaired) electrons. The number of carbonyl (C=O) groups excluding carboxylic acids is 2. The first-order valence-electron chi connectivity index (χ1n) is 12.0. The number of carbonyl (C=O) groups is 2. The molecule has 3 aromatic rings. The van der Waals surface area contributed by atoms with Crippen LogP contribution in [0.15, 0.2) is 59.2 Å². The van der Waals surface area contributed by atoms with Gasteiger partial charge in [-0.25, -0.2) is 0 Å². The highest BCUT2D eigenvalue weighted by atomic mass is 16.5. The van der Waals surface area contributed by atoms with E-state index in [9.17, 15) is 9.59 Å². The third-order valence-electron chi connectivity index (χ3n) is 6.81. The molecule has 9 heteroatoms. The van der Waals surface area contributed by atoms with Crippen molar-refractivity contribution in [1.82, 2.24) is 20.0 Å². The van der Waals surface area contributed by atoms with Gasteiger partial charge in [-0.15, -0.1) is 10.2 Å². The zero-order valence-corrected chi connectivity index (χ0v) is 19.8. The van der Waals surface area contributed by atoms with E-state index in [0.29, 0.717) is 31.9 Å². The van der Waals surface area contributed by atoms with Gasteiger partial charge in [0.25, 0.3) is 5.91 Å². The molecule has 35 heavy (non-hydrogen) atoms. The lowest BCUT2D eigenvalue weighted by Crippen LogP contribution is -2.53. The molecule has 0 N–H and O–H groups in total. The maximum absolute atomic E-state index is 13.1. The van der Waals surface area contributed by atoms with Crippen molar-refractivity contribution in [3.05, 3.63) is 60.6 Å². The second-order valence-electron chi connectivity index (χ2n) is 8.83. The molecular weight excluding hydrogens is 446 g/mol. The van der Waals surface area contributed by atoms with Gasteiger partial charge in [-0.1, -0.05) is 12.1 Å². The molecule has 9 nitrogen and oxygen atoms in total. The van der Waals surface area contributed by atoms with Crippen molar-refractivity contribution in [2.24, 2.45) is 5.92 Å². The first-order chi connectivity index (χ1) is 17.1. The Morgan fingerprint density at radius 3 is 2.29 bits per heavy atom. The highest BCUT2D eigenvalue weighted by molar-refractivity contribution is 5.91. The van der Waals surface area contributed by atoms with Crippen LogP contribution in [0, 0.1) is 5.92 Å². The van der Waals surface area contributed by atoms with E-state index in [-0.39, 0.29) is 17.7 Å². The Kier molecular flexibility index (Phi) is 6.65. The van der Waals surface area contributed by atoms with Crippen LogP contribution in [-0.4, -0.2) is 78.2 Å². The SMILES string of the molecule is COc1ccccc1-c1ccc(N2CCC(C(=O)N3CCN(C(=O)c4ccco4)CC3)CC2)nn1. The van der Waals surface area contributed by atoms with E-state index < -0.39 is 0 Å². The molecule has 0 spiro atoms. The first kappa shape index (κ1) is 22.9. The largest absolute Gasteiger partial charge is 0.496 e. The Labute approximate surface area is 204 Å². The number of aromatic nitrogens is 2. The van der Waals surface area contributed by atoms with Gasteiger partial charge in [0.1, 0.15) is 5.75 Å². The Morgan fingerprint density at radius 1 is 0.886 bits per heavy atom. The van der Waals surface area contributed by atoms with Crippen LogP contribution in [0.25, 0.3) is 11.3 Å². The standard InChI is InChI=1S/C26H29N5O4/c1-34-22-6-3-2-5-20(22)21-8-9-24(28-27-21)29-12-10-19(11-13-29)25(32)30-14-16-31(17-15-30)26(33)23-7-4-18-35-23/h2-9,18-19H,10-17H2,1H3. The number of piperazine rings is 1. The molecule has 2 aromatic heterocycles. The number of amides is 2. The molecule has 4 heterocycles. The van der Waals surface area contributed by atoms with Crippen molar-refractivity contribution in [2.75, 3.05) is 51.3 Å². The minimum Gasteiger partial charge on any atom is -0.496 e. The lowest BCUT2D eigenvalue weighted by molar-refractivity contribution is -0.137. The van der Waals surface area contributed by atoms with Gasteiger partial charge < -0.3 is 23.9 Å². The molecule has 2 amide bonds. The third kappa shape index (κ3) is 4.84. The highest BCUT2D eigenvalue weighted by Gasteiger charge is 2.32. The number of anilines is 1. The summed E-state index contributed by atoms with van der Waals surface area (Å²) in [6, 6.07) is 15.1. The molecule has 2 fully saturated rings. The summed E-state index contributed by atoms with van der Waals surface area (Å²) >= 11 is 0. The Balaban J connectivity index is 1.13. The van der Waals surface area contributed by atoms with E-state index in [4.69, 9.17) is 9.15 Å². The van der Waals surface area contributed by atoms with E-state index in [1.165, 1.54) is 6.26 Å². The number of rotatable bonds is 5. The minimum atomic E-state index is -0.117. The Hall–Kier alpha value is -3.88. The fourth-order valence-corrected chi connectivity index (χ4v) is 4.79. The maximum atomic E-state index is 13.1. The third-order valence-corrected chi connectivity index (χ3v) is 6.81. The van der Waals surface area contributed by atoms with Gasteiger partial charge in [0, 0.05) is 50.7 Å². The van der Waals surface area contributed by atoms with E-state index in [0.717, 1.165) is 48.8 Å². The maximum Gasteiger partial charge on any atom is 0.289 e. The van der Waals surface area contributed by atoms with E-state index >= 15 is 0 Å². The van der Waals surface area contributed by atoms with Crippen LogP contribution in [0.1, 0.15) is 23.4 Å². The van der Waals surface area contributed by atoms with Gasteiger partial charge in [-0.2, -0.15) is 0 Å². The second kappa shape index (κ2) is 10.2. The van der Waals surface area contributed by atoms with E-state index in [1.54, 1.807) is 24.1 Å². The van der Waals surface area contributed by atoms with Crippen molar-refractivity contribution in [2.45, 2.75) is 12.8 Å². The molecule has 2 aliphatic rings. The summed E-state index contributed by atoms with van der Waals surface area (Å²) < 4.78 is 10.6. The summed E-state index contributed by atoms with van der Waals surface area (Å²) in [5.74, 6) is 2.00. The topological polar surface area (TPSA) is 92.0 Å². The van der Waals surface area contributed by atoms with Crippen LogP contribution in [0.3, 0.4) is 0 Å². The second-order valence-corrected chi connectivity index (χ2v) is 8.83. The van der Waals surface area contributed by atoms with Crippen LogP contribution >= 0.6 is 0 Å². The fourth-order valence-electron chi connectivity index (χ4n) is 4.79. The quantitative estimate of drug-likeness (QED) is 0.560. The van der Waals surface area contributed by atoms with Crippen molar-refractivity contribution in [3.63, 3.8) is 0 Å². The number of furan rings is 1. The van der Waals surface area contributed by atoms with Gasteiger partial charge in [0.2, 0.25) is 5.91 Å². The number of hydrogen-bond acceptors (Lipinski definition) is 7. The number of ether oxygens (including phenoxy) is 1. The molecule has 0 bridgehead atoms. The average molecular weight is 476 g/mol. The number of piperidine rings is 1. The van der Waals surface area contributed by atoms with Gasteiger partial charge in [-0.3, -0.25) is 9.59 Å². The molecule has 0 unspecified atom stereocenters. The number of para-hydroxylation sites is 1. The van der Waals surface area contributed by atoms with Crippen molar-refractivity contribution in [1.29, 1.82) is 0 Å². The van der Waals surface area contributed by atoms with Crippen molar-refractivity contribution < 1.29 is 18.7 Å². The minimum absolute atomic E-state index is 0.000567. The molecule has 0 saturated carbocycles. The monoisotopic (exact) mass is 475 g/mol. The lowest BCUT2D eigenvalue weighted by atomic mass is 9.95. The summed E-state index contributed by atoms with van der Waals surface area (Å²) in [7, 11) is 1.65. The van der Waals surface area contributed by atoms with Crippen LogP contribution in [0.4, 0.5) is 5.82 Å². The summed E-state index contributed by atoms with van der Waals surface area (Å²) in [4.78, 5) is 31.4. The van der Waals surface area contributed by atoms with Gasteiger partial charge >= 0.3 is 0 Å². The van der Waals surface area contributed by atoms with Crippen LogP contribution < -0.4 is 9.64 Å². The summed E-state index contributed by atoms with van der Waals surface area (Å²) in [6.07, 6.45) is 3.06. The normalized spacial score (nSPS) is 16.9. The zero-order chi connectivity index (χ0) is 24.2. The Morgan fingerprint density at radius 2 is 1.63 bits per heavy atom. The zero-order valence-electron chi connectivity index (χ0n) is 19.8. The first-order valence-corrected chi connectivity index (χ1v) is 12.0. The molecule has 5 rings (SSSR count). The molecule has 182 valence electrons. The number of nitrogens with zero attached hydrogens (tertiary/aromatic N) is 5. The van der Waals surface area contributed by atoms with E-state index in [2.05, 4.69) is 15.1 Å². The Bertz CT molecular complexity index is 1150. The van der Waals surface area contributed by atoms with Gasteiger partial charge in [0.05, 0.1) is 19.1 Å². The van der Waals surface area contributed by atoms with E-state index in [1.807, 2.05) is 41.3 Å². The predicted molar refractivity (Wildman–Crippen MR) is 130 cm³/mol. The molecule has 2 saturated heterocycles. The predicted octanol–water partition coefficient (Wildman–Crippen LogP) is 2.95. The fraction of sp³-hybridized carbons (Fsp3) is 0.385. The summed E-state index contributed by atoms with van der Waals surface area (Å²) in [5.41, 5.74) is 1.67. The average Bonchev–Trinajstić information content (AvgIpc) is 3.48. The lowest BCUT2D eigenvalue weighted by Gasteiger charge is -2.38.